The first-order chi connectivity index (χ1) is 6.63. The summed E-state index contributed by atoms with van der Waals surface area (Å²) < 4.78 is 12.5. The second kappa shape index (κ2) is 4.73. The monoisotopic (exact) mass is 193 g/mol. The Kier molecular flexibility index (Phi) is 3.61. The Morgan fingerprint density at radius 2 is 2.00 bits per heavy atom. The molecule has 1 rings (SSSR count). The van der Waals surface area contributed by atoms with Crippen LogP contribution in [0.15, 0.2) is 24.3 Å². The normalized spacial score (nSPS) is 14.4. The van der Waals surface area contributed by atoms with E-state index in [1.807, 2.05) is 6.07 Å². The van der Waals surface area contributed by atoms with Crippen molar-refractivity contribution in [3.05, 3.63) is 35.6 Å². The molecule has 0 aromatic heterocycles. The Hall–Kier alpha value is -1.40. The highest BCUT2D eigenvalue weighted by molar-refractivity contribution is 5.18. The van der Waals surface area contributed by atoms with Crippen molar-refractivity contribution in [3.63, 3.8) is 0 Å². The number of halogens is 1. The van der Waals surface area contributed by atoms with Gasteiger partial charge in [0.05, 0.1) is 12.2 Å². The van der Waals surface area contributed by atoms with Crippen molar-refractivity contribution in [1.29, 1.82) is 5.26 Å². The van der Waals surface area contributed by atoms with E-state index in [9.17, 15) is 9.50 Å². The van der Waals surface area contributed by atoms with E-state index in [0.717, 1.165) is 0 Å². The molecule has 0 aliphatic rings. The second-order valence-electron chi connectivity index (χ2n) is 3.33. The molecular weight excluding hydrogens is 181 g/mol. The molecule has 3 heteroatoms. The van der Waals surface area contributed by atoms with Crippen molar-refractivity contribution in [2.24, 2.45) is 5.92 Å². The highest BCUT2D eigenvalue weighted by Crippen LogP contribution is 2.20. The molecule has 0 radical (unpaired) electrons. The Morgan fingerprint density at radius 1 is 1.43 bits per heavy atom. The molecule has 1 aromatic rings. The molecule has 0 saturated carbocycles. The highest BCUT2D eigenvalue weighted by atomic mass is 19.1. The van der Waals surface area contributed by atoms with Crippen LogP contribution in [-0.4, -0.2) is 5.11 Å². The maximum Gasteiger partial charge on any atom is 0.123 e. The molecule has 0 saturated heterocycles. The number of benzene rings is 1. The van der Waals surface area contributed by atoms with Gasteiger partial charge in [-0.25, -0.2) is 4.39 Å². The Balaban J connectivity index is 2.66. The molecule has 0 aliphatic heterocycles. The van der Waals surface area contributed by atoms with Crippen molar-refractivity contribution in [2.75, 3.05) is 0 Å². The average molecular weight is 193 g/mol. The molecule has 1 aromatic carbocycles. The minimum Gasteiger partial charge on any atom is -0.388 e. The smallest absolute Gasteiger partial charge is 0.123 e. The molecule has 0 amide bonds. The molecule has 0 spiro atoms. The van der Waals surface area contributed by atoms with Gasteiger partial charge in [0.15, 0.2) is 0 Å². The maximum atomic E-state index is 12.5. The number of rotatable bonds is 3. The standard InChI is InChI=1S/C11H12FNO/c1-8(7-13)6-11(14)9-2-4-10(12)5-3-9/h2-5,8,11,14H,6H2,1H3. The molecule has 2 unspecified atom stereocenters. The van der Waals surface area contributed by atoms with Gasteiger partial charge in [-0.05, 0) is 31.0 Å². The first-order valence-corrected chi connectivity index (χ1v) is 4.46. The van der Waals surface area contributed by atoms with Gasteiger partial charge in [-0.2, -0.15) is 5.26 Å². The minimum atomic E-state index is -0.690. The molecule has 1 N–H and O–H groups in total. The van der Waals surface area contributed by atoms with Gasteiger partial charge in [0.1, 0.15) is 5.82 Å². The summed E-state index contributed by atoms with van der Waals surface area (Å²) in [5, 5.41) is 18.2. The summed E-state index contributed by atoms with van der Waals surface area (Å²) in [5.74, 6) is -0.524. The van der Waals surface area contributed by atoms with Crippen LogP contribution in [0.25, 0.3) is 0 Å². The van der Waals surface area contributed by atoms with Gasteiger partial charge in [0.25, 0.3) is 0 Å². The lowest BCUT2D eigenvalue weighted by atomic mass is 9.99. The fourth-order valence-electron chi connectivity index (χ4n) is 1.21. The third kappa shape index (κ3) is 2.82. The second-order valence-corrected chi connectivity index (χ2v) is 3.33. The van der Waals surface area contributed by atoms with E-state index in [4.69, 9.17) is 5.26 Å². The summed E-state index contributed by atoms with van der Waals surface area (Å²) in [7, 11) is 0. The zero-order valence-corrected chi connectivity index (χ0v) is 7.94. The van der Waals surface area contributed by atoms with E-state index in [-0.39, 0.29) is 11.7 Å². The van der Waals surface area contributed by atoms with Crippen LogP contribution in [0.4, 0.5) is 4.39 Å². The lowest BCUT2D eigenvalue weighted by molar-refractivity contribution is 0.156. The Morgan fingerprint density at radius 3 is 2.50 bits per heavy atom. The molecule has 2 nitrogen and oxygen atoms in total. The third-order valence-corrected chi connectivity index (χ3v) is 2.05. The van der Waals surface area contributed by atoms with Crippen LogP contribution in [0.3, 0.4) is 0 Å². The van der Waals surface area contributed by atoms with Gasteiger partial charge >= 0.3 is 0 Å². The lowest BCUT2D eigenvalue weighted by Crippen LogP contribution is -2.02. The number of aliphatic hydroxyl groups excluding tert-OH is 1. The minimum absolute atomic E-state index is 0.199. The zero-order chi connectivity index (χ0) is 10.6. The predicted molar refractivity (Wildman–Crippen MR) is 50.8 cm³/mol. The van der Waals surface area contributed by atoms with Crippen LogP contribution < -0.4 is 0 Å². The molecular formula is C11H12FNO. The number of aliphatic hydroxyl groups is 1. The fourth-order valence-corrected chi connectivity index (χ4v) is 1.21. The van der Waals surface area contributed by atoms with Crippen molar-refractivity contribution < 1.29 is 9.50 Å². The summed E-state index contributed by atoms with van der Waals surface area (Å²) in [6.07, 6.45) is -0.312. The van der Waals surface area contributed by atoms with Crippen molar-refractivity contribution in [3.8, 4) is 6.07 Å². The van der Waals surface area contributed by atoms with Gasteiger partial charge in [-0.1, -0.05) is 12.1 Å². The average Bonchev–Trinajstić information content (AvgIpc) is 2.18. The summed E-state index contributed by atoms with van der Waals surface area (Å²) in [5.41, 5.74) is 0.647. The summed E-state index contributed by atoms with van der Waals surface area (Å²) in [6, 6.07) is 7.71. The van der Waals surface area contributed by atoms with Crippen LogP contribution in [0.2, 0.25) is 0 Å². The molecule has 14 heavy (non-hydrogen) atoms. The molecule has 0 fully saturated rings. The first-order valence-electron chi connectivity index (χ1n) is 4.46. The molecule has 0 heterocycles. The first kappa shape index (κ1) is 10.7. The van der Waals surface area contributed by atoms with Crippen LogP contribution in [0.1, 0.15) is 25.0 Å². The molecule has 0 bridgehead atoms. The maximum absolute atomic E-state index is 12.5. The van der Waals surface area contributed by atoms with Gasteiger partial charge in [0.2, 0.25) is 0 Å². The van der Waals surface area contributed by atoms with Gasteiger partial charge in [-0.15, -0.1) is 0 Å². The third-order valence-electron chi connectivity index (χ3n) is 2.05. The van der Waals surface area contributed by atoms with Gasteiger partial charge in [-0.3, -0.25) is 0 Å². The number of hydrogen-bond acceptors (Lipinski definition) is 2. The quantitative estimate of drug-likeness (QED) is 0.801. The zero-order valence-electron chi connectivity index (χ0n) is 7.94. The number of hydrogen-bond donors (Lipinski definition) is 1. The van der Waals surface area contributed by atoms with E-state index >= 15 is 0 Å². The summed E-state index contributed by atoms with van der Waals surface area (Å²) >= 11 is 0. The summed E-state index contributed by atoms with van der Waals surface area (Å²) in [4.78, 5) is 0. The lowest BCUT2D eigenvalue weighted by Gasteiger charge is -2.11. The van der Waals surface area contributed by atoms with Crippen LogP contribution in [-0.2, 0) is 0 Å². The predicted octanol–water partition coefficient (Wildman–Crippen LogP) is 2.41. The van der Waals surface area contributed by atoms with Crippen molar-refractivity contribution in [1.82, 2.24) is 0 Å². The molecule has 74 valence electrons. The fraction of sp³-hybridized carbons (Fsp3) is 0.364. The number of nitrogens with zero attached hydrogens (tertiary/aromatic N) is 1. The van der Waals surface area contributed by atoms with E-state index in [1.54, 1.807) is 6.92 Å². The SMILES string of the molecule is CC(C#N)CC(O)c1ccc(F)cc1. The van der Waals surface area contributed by atoms with E-state index in [2.05, 4.69) is 0 Å². The van der Waals surface area contributed by atoms with Crippen molar-refractivity contribution >= 4 is 0 Å². The Labute approximate surface area is 82.6 Å². The van der Waals surface area contributed by atoms with Crippen molar-refractivity contribution in [2.45, 2.75) is 19.4 Å². The summed E-state index contributed by atoms with van der Waals surface area (Å²) in [6.45, 7) is 1.74. The van der Waals surface area contributed by atoms with Crippen LogP contribution in [0, 0.1) is 23.1 Å². The van der Waals surface area contributed by atoms with E-state index < -0.39 is 6.10 Å². The van der Waals surface area contributed by atoms with Crippen LogP contribution >= 0.6 is 0 Å². The van der Waals surface area contributed by atoms with Gasteiger partial charge < -0.3 is 5.11 Å². The van der Waals surface area contributed by atoms with Crippen LogP contribution in [0.5, 0.6) is 0 Å². The highest BCUT2D eigenvalue weighted by Gasteiger charge is 2.11. The molecule has 0 aliphatic carbocycles. The van der Waals surface area contributed by atoms with Gasteiger partial charge in [0, 0.05) is 5.92 Å². The largest absolute Gasteiger partial charge is 0.388 e. The van der Waals surface area contributed by atoms with E-state index in [0.29, 0.717) is 12.0 Å². The van der Waals surface area contributed by atoms with E-state index in [1.165, 1.54) is 24.3 Å². The number of nitriles is 1. The molecule has 2 atom stereocenters. The Bertz CT molecular complexity index is 328. The topological polar surface area (TPSA) is 44.0 Å².